The molecule has 1 unspecified atom stereocenters. The average molecular weight is 471 g/mol. The maximum atomic E-state index is 12.2. The maximum absolute atomic E-state index is 12.2. The highest BCUT2D eigenvalue weighted by atomic mass is 32.2. The molecule has 2 heterocycles. The van der Waals surface area contributed by atoms with E-state index in [1.54, 1.807) is 23.5 Å². The van der Waals surface area contributed by atoms with Crippen LogP contribution < -0.4 is 9.94 Å². The first-order valence-electron chi connectivity index (χ1n) is 10.5. The number of nitrogens with two attached hydrogens (primary N) is 1. The van der Waals surface area contributed by atoms with Gasteiger partial charge in [-0.15, -0.1) is 11.3 Å². The molecule has 1 aliphatic heterocycles. The molecule has 7 nitrogen and oxygen atoms in total. The predicted octanol–water partition coefficient (Wildman–Crippen LogP) is 3.15. The van der Waals surface area contributed by atoms with Gasteiger partial charge in [-0.2, -0.15) is 0 Å². The third kappa shape index (κ3) is 5.01. The van der Waals surface area contributed by atoms with E-state index in [-0.39, 0.29) is 16.8 Å². The molecule has 4 rings (SSSR count). The Morgan fingerprint density at radius 2 is 1.84 bits per heavy atom. The number of hydrogen-bond acceptors (Lipinski definition) is 5. The zero-order valence-electron chi connectivity index (χ0n) is 17.8. The summed E-state index contributed by atoms with van der Waals surface area (Å²) >= 11 is 1.56. The molecule has 1 aliphatic rings. The average Bonchev–Trinajstić information content (AvgIpc) is 3.38. The Morgan fingerprint density at radius 3 is 2.47 bits per heavy atom. The number of sulfonamides is 1. The fourth-order valence-electron chi connectivity index (χ4n) is 3.92. The van der Waals surface area contributed by atoms with Gasteiger partial charge < -0.3 is 9.47 Å². The lowest BCUT2D eigenvalue weighted by molar-refractivity contribution is -0.128. The third-order valence-corrected chi connectivity index (χ3v) is 7.36. The van der Waals surface area contributed by atoms with Crippen LogP contribution in [0.5, 0.6) is 0 Å². The first-order valence-corrected chi connectivity index (χ1v) is 12.9. The minimum absolute atomic E-state index is 0.0574. The number of likely N-dealkylation sites (tertiary alicyclic amines) is 1. The molecule has 0 aliphatic carbocycles. The smallest absolute Gasteiger partial charge is 0.238 e. The quantitative estimate of drug-likeness (QED) is 0.574. The monoisotopic (exact) mass is 470 g/mol. The molecule has 9 heteroatoms. The molecule has 1 amide bonds. The molecule has 0 bridgehead atoms. The van der Waals surface area contributed by atoms with E-state index in [1.165, 1.54) is 12.1 Å². The van der Waals surface area contributed by atoms with Gasteiger partial charge in [0.1, 0.15) is 0 Å². The molecule has 0 saturated carbocycles. The number of amides is 1. The van der Waals surface area contributed by atoms with Crippen molar-refractivity contribution in [3.05, 3.63) is 70.3 Å². The second kappa shape index (κ2) is 9.40. The van der Waals surface area contributed by atoms with Crippen LogP contribution in [0.3, 0.4) is 0 Å². The number of carbonyl (C=O) groups is 1. The van der Waals surface area contributed by atoms with Gasteiger partial charge in [0, 0.05) is 24.9 Å². The molecule has 0 spiro atoms. The Bertz CT molecular complexity index is 1260. The second-order valence-electron chi connectivity index (χ2n) is 7.94. The van der Waals surface area contributed by atoms with Crippen LogP contribution in [-0.4, -0.2) is 36.9 Å². The molecule has 2 aromatic carbocycles. The van der Waals surface area contributed by atoms with Crippen LogP contribution in [-0.2, 0) is 21.4 Å². The second-order valence-corrected chi connectivity index (χ2v) is 10.3. The number of hydrogen-bond donors (Lipinski definition) is 1. The number of benzene rings is 2. The molecule has 1 aromatic heterocycles. The van der Waals surface area contributed by atoms with E-state index in [1.807, 2.05) is 23.1 Å². The Morgan fingerprint density at radius 1 is 1.12 bits per heavy atom. The highest BCUT2D eigenvalue weighted by Crippen LogP contribution is 2.24. The first kappa shape index (κ1) is 22.4. The van der Waals surface area contributed by atoms with E-state index in [0.717, 1.165) is 34.6 Å². The van der Waals surface area contributed by atoms with Crippen molar-refractivity contribution in [3.63, 3.8) is 0 Å². The fraction of sp³-hybridized carbons (Fsp3) is 0.304. The minimum atomic E-state index is -3.71. The molecule has 3 aromatic rings. The SMILES string of the molecule is CC(CN1CCCC1=O)n1c(-c2ccccc2)csc1=NCc1ccc(S(N)(=O)=O)cc1. The van der Waals surface area contributed by atoms with Crippen molar-refractivity contribution in [1.29, 1.82) is 0 Å². The largest absolute Gasteiger partial charge is 0.341 e. The number of rotatable bonds is 7. The van der Waals surface area contributed by atoms with Crippen LogP contribution in [0, 0.1) is 0 Å². The van der Waals surface area contributed by atoms with E-state index < -0.39 is 10.0 Å². The number of primary sulfonamides is 1. The van der Waals surface area contributed by atoms with Crippen LogP contribution in [0.25, 0.3) is 11.3 Å². The van der Waals surface area contributed by atoms with Crippen molar-refractivity contribution in [2.24, 2.45) is 10.1 Å². The van der Waals surface area contributed by atoms with E-state index in [0.29, 0.717) is 19.5 Å². The highest BCUT2D eigenvalue weighted by molar-refractivity contribution is 7.89. The zero-order valence-corrected chi connectivity index (χ0v) is 19.5. The van der Waals surface area contributed by atoms with E-state index in [2.05, 4.69) is 29.0 Å². The Balaban J connectivity index is 1.66. The predicted molar refractivity (Wildman–Crippen MR) is 125 cm³/mol. The van der Waals surface area contributed by atoms with Crippen LogP contribution in [0.4, 0.5) is 0 Å². The summed E-state index contributed by atoms with van der Waals surface area (Å²) in [6, 6.07) is 16.7. The minimum Gasteiger partial charge on any atom is -0.341 e. The molecule has 1 fully saturated rings. The summed E-state index contributed by atoms with van der Waals surface area (Å²) in [6.45, 7) is 3.97. The standard InChI is InChI=1S/C23H26N4O3S2/c1-17(15-26-13-5-8-22(26)28)27-21(19-6-3-2-4-7-19)16-31-23(27)25-14-18-9-11-20(12-10-18)32(24,29)30/h2-4,6-7,9-12,16-17H,5,8,13-15H2,1H3,(H2,24,29,30). The molecule has 32 heavy (non-hydrogen) atoms. The van der Waals surface area contributed by atoms with Crippen molar-refractivity contribution >= 4 is 27.3 Å². The lowest BCUT2D eigenvalue weighted by atomic mass is 10.1. The van der Waals surface area contributed by atoms with Gasteiger partial charge >= 0.3 is 0 Å². The van der Waals surface area contributed by atoms with Crippen LogP contribution in [0.15, 0.2) is 69.9 Å². The van der Waals surface area contributed by atoms with Crippen molar-refractivity contribution < 1.29 is 13.2 Å². The number of carbonyl (C=O) groups excluding carboxylic acids is 1. The first-order chi connectivity index (χ1) is 15.3. The molecule has 1 saturated heterocycles. The van der Waals surface area contributed by atoms with Crippen molar-refractivity contribution in [2.75, 3.05) is 13.1 Å². The summed E-state index contributed by atoms with van der Waals surface area (Å²) in [5.74, 6) is 0.211. The van der Waals surface area contributed by atoms with Gasteiger partial charge in [-0.25, -0.2) is 13.6 Å². The van der Waals surface area contributed by atoms with Gasteiger partial charge in [0.15, 0.2) is 4.80 Å². The van der Waals surface area contributed by atoms with E-state index >= 15 is 0 Å². The fourth-order valence-corrected chi connectivity index (χ4v) is 5.43. The molecule has 2 N–H and O–H groups in total. The summed E-state index contributed by atoms with van der Waals surface area (Å²) in [6.07, 6.45) is 1.54. The van der Waals surface area contributed by atoms with Crippen LogP contribution in [0.1, 0.15) is 31.4 Å². The number of nitrogens with zero attached hydrogens (tertiary/aromatic N) is 3. The zero-order chi connectivity index (χ0) is 22.7. The highest BCUT2D eigenvalue weighted by Gasteiger charge is 2.24. The summed E-state index contributed by atoms with van der Waals surface area (Å²) in [5.41, 5.74) is 3.06. The Kier molecular flexibility index (Phi) is 6.59. The summed E-state index contributed by atoms with van der Waals surface area (Å²) < 4.78 is 25.1. The van der Waals surface area contributed by atoms with E-state index in [4.69, 9.17) is 10.1 Å². The Hall–Kier alpha value is -2.75. The van der Waals surface area contributed by atoms with Gasteiger partial charge in [-0.3, -0.25) is 9.79 Å². The van der Waals surface area contributed by atoms with Gasteiger partial charge in [0.25, 0.3) is 0 Å². The number of thiazole rings is 1. The molecule has 0 radical (unpaired) electrons. The molecule has 168 valence electrons. The lowest BCUT2D eigenvalue weighted by Gasteiger charge is -2.23. The van der Waals surface area contributed by atoms with Crippen LogP contribution >= 0.6 is 11.3 Å². The Labute approximate surface area is 191 Å². The van der Waals surface area contributed by atoms with Crippen molar-refractivity contribution in [1.82, 2.24) is 9.47 Å². The topological polar surface area (TPSA) is 97.8 Å². The van der Waals surface area contributed by atoms with Crippen molar-refractivity contribution in [2.45, 2.75) is 37.2 Å². The number of aromatic nitrogens is 1. The molecular formula is C23H26N4O3S2. The van der Waals surface area contributed by atoms with Crippen molar-refractivity contribution in [3.8, 4) is 11.3 Å². The summed E-state index contributed by atoms with van der Waals surface area (Å²) in [5, 5.41) is 7.28. The lowest BCUT2D eigenvalue weighted by Crippen LogP contribution is -2.33. The summed E-state index contributed by atoms with van der Waals surface area (Å²) in [7, 11) is -3.71. The van der Waals surface area contributed by atoms with E-state index in [9.17, 15) is 13.2 Å². The van der Waals surface area contributed by atoms with Gasteiger partial charge in [0.05, 0.1) is 23.2 Å². The van der Waals surface area contributed by atoms with Gasteiger partial charge in [0.2, 0.25) is 15.9 Å². The third-order valence-electron chi connectivity index (χ3n) is 5.56. The van der Waals surface area contributed by atoms with Crippen LogP contribution in [0.2, 0.25) is 0 Å². The maximum Gasteiger partial charge on any atom is 0.238 e. The molecular weight excluding hydrogens is 444 g/mol. The summed E-state index contributed by atoms with van der Waals surface area (Å²) in [4.78, 5) is 19.9. The van der Waals surface area contributed by atoms with Gasteiger partial charge in [-0.05, 0) is 36.6 Å². The normalized spacial score (nSPS) is 16.0. The van der Waals surface area contributed by atoms with Gasteiger partial charge in [-0.1, -0.05) is 42.5 Å². The molecule has 1 atom stereocenters.